The van der Waals surface area contributed by atoms with Gasteiger partial charge >= 0.3 is 6.03 Å². The largest absolute Gasteiger partial charge is 0.323 e. The van der Waals surface area contributed by atoms with E-state index in [1.54, 1.807) is 18.2 Å². The molecule has 0 saturated heterocycles. The Morgan fingerprint density at radius 2 is 1.63 bits per heavy atom. The smallest absolute Gasteiger partial charge is 0.308 e. The summed E-state index contributed by atoms with van der Waals surface area (Å²) in [6.45, 7) is 1.97. The zero-order chi connectivity index (χ0) is 13.8. The zero-order valence-electron chi connectivity index (χ0n) is 10.2. The third kappa shape index (κ3) is 3.79. The van der Waals surface area contributed by atoms with Crippen molar-refractivity contribution >= 4 is 33.3 Å². The summed E-state index contributed by atoms with van der Waals surface area (Å²) >= 11 is 3.05. The molecule has 2 aromatic rings. The van der Waals surface area contributed by atoms with Crippen LogP contribution < -0.4 is 10.6 Å². The van der Waals surface area contributed by atoms with E-state index in [0.717, 1.165) is 5.56 Å². The first-order chi connectivity index (χ1) is 9.04. The van der Waals surface area contributed by atoms with Crippen molar-refractivity contribution in [1.82, 2.24) is 0 Å². The quantitative estimate of drug-likeness (QED) is 0.837. The zero-order valence-corrected chi connectivity index (χ0v) is 11.8. The van der Waals surface area contributed by atoms with Crippen LogP contribution in [0.15, 0.2) is 46.9 Å². The number of halogens is 2. The number of benzene rings is 2. The molecule has 98 valence electrons. The van der Waals surface area contributed by atoms with Gasteiger partial charge in [0.25, 0.3) is 0 Å². The predicted octanol–water partition coefficient (Wildman–Crippen LogP) is 4.54. The number of nitrogens with one attached hydrogen (secondary N) is 2. The molecule has 3 nitrogen and oxygen atoms in total. The molecule has 2 rings (SSSR count). The van der Waals surface area contributed by atoms with Gasteiger partial charge in [0.15, 0.2) is 0 Å². The number of anilines is 2. The van der Waals surface area contributed by atoms with Gasteiger partial charge in [0.1, 0.15) is 5.82 Å². The van der Waals surface area contributed by atoms with Crippen LogP contribution in [-0.2, 0) is 0 Å². The summed E-state index contributed by atoms with van der Waals surface area (Å²) in [4.78, 5) is 11.7. The molecule has 19 heavy (non-hydrogen) atoms. The van der Waals surface area contributed by atoms with Crippen molar-refractivity contribution in [3.63, 3.8) is 0 Å². The van der Waals surface area contributed by atoms with Gasteiger partial charge in [-0.1, -0.05) is 17.7 Å². The topological polar surface area (TPSA) is 41.1 Å². The number of carbonyl (C=O) groups is 1. The van der Waals surface area contributed by atoms with Crippen LogP contribution in [0.5, 0.6) is 0 Å². The SMILES string of the molecule is Cc1ccc(NC(=O)Nc2ccc(Br)c(F)c2)cc1. The van der Waals surface area contributed by atoms with E-state index < -0.39 is 11.8 Å². The van der Waals surface area contributed by atoms with Gasteiger partial charge in [-0.15, -0.1) is 0 Å². The lowest BCUT2D eigenvalue weighted by molar-refractivity contribution is 0.262. The van der Waals surface area contributed by atoms with Crippen LogP contribution in [0.4, 0.5) is 20.6 Å². The number of amides is 2. The minimum Gasteiger partial charge on any atom is -0.308 e. The van der Waals surface area contributed by atoms with Crippen LogP contribution >= 0.6 is 15.9 Å². The number of urea groups is 1. The highest BCUT2D eigenvalue weighted by Gasteiger charge is 2.05. The maximum absolute atomic E-state index is 13.3. The molecule has 0 aliphatic rings. The number of rotatable bonds is 2. The molecule has 2 aromatic carbocycles. The van der Waals surface area contributed by atoms with Crippen LogP contribution in [-0.4, -0.2) is 6.03 Å². The van der Waals surface area contributed by atoms with Gasteiger partial charge in [0.2, 0.25) is 0 Å². The summed E-state index contributed by atoms with van der Waals surface area (Å²) in [5, 5.41) is 5.23. The molecule has 0 spiro atoms. The van der Waals surface area contributed by atoms with E-state index >= 15 is 0 Å². The fraction of sp³-hybridized carbons (Fsp3) is 0.0714. The standard InChI is InChI=1S/C14H12BrFN2O/c1-9-2-4-10(5-3-9)17-14(19)18-11-6-7-12(15)13(16)8-11/h2-8H,1H3,(H2,17,18,19). The summed E-state index contributed by atoms with van der Waals surface area (Å²) in [6, 6.07) is 11.4. The van der Waals surface area contributed by atoms with Gasteiger partial charge in [-0.05, 0) is 53.2 Å². The molecule has 2 N–H and O–H groups in total. The van der Waals surface area contributed by atoms with E-state index in [0.29, 0.717) is 15.8 Å². The average molecular weight is 323 g/mol. The normalized spacial score (nSPS) is 10.1. The third-order valence-electron chi connectivity index (χ3n) is 2.49. The van der Waals surface area contributed by atoms with Gasteiger partial charge < -0.3 is 10.6 Å². The molecule has 0 aliphatic carbocycles. The van der Waals surface area contributed by atoms with Crippen LogP contribution in [0.2, 0.25) is 0 Å². The average Bonchev–Trinajstić information content (AvgIpc) is 2.37. The molecule has 0 radical (unpaired) electrons. The lowest BCUT2D eigenvalue weighted by Gasteiger charge is -2.08. The molecule has 0 heterocycles. The van der Waals surface area contributed by atoms with Gasteiger partial charge in [-0.25, -0.2) is 9.18 Å². The van der Waals surface area contributed by atoms with Crippen molar-refractivity contribution in [2.45, 2.75) is 6.92 Å². The number of hydrogen-bond acceptors (Lipinski definition) is 1. The molecule has 0 aromatic heterocycles. The lowest BCUT2D eigenvalue weighted by atomic mass is 10.2. The first-order valence-electron chi connectivity index (χ1n) is 5.64. The second-order valence-corrected chi connectivity index (χ2v) is 4.93. The fourth-order valence-corrected chi connectivity index (χ4v) is 1.75. The molecule has 0 aliphatic heterocycles. The van der Waals surface area contributed by atoms with Crippen molar-refractivity contribution in [3.8, 4) is 0 Å². The highest BCUT2D eigenvalue weighted by molar-refractivity contribution is 9.10. The van der Waals surface area contributed by atoms with E-state index in [1.807, 2.05) is 19.1 Å². The second kappa shape index (κ2) is 5.84. The Morgan fingerprint density at radius 3 is 2.26 bits per heavy atom. The van der Waals surface area contributed by atoms with E-state index in [-0.39, 0.29) is 0 Å². The van der Waals surface area contributed by atoms with Crippen molar-refractivity contribution < 1.29 is 9.18 Å². The Kier molecular flexibility index (Phi) is 4.16. The second-order valence-electron chi connectivity index (χ2n) is 4.07. The first-order valence-corrected chi connectivity index (χ1v) is 6.43. The highest BCUT2D eigenvalue weighted by Crippen LogP contribution is 2.19. The Labute approximate surface area is 119 Å². The molecular formula is C14H12BrFN2O. The van der Waals surface area contributed by atoms with E-state index in [4.69, 9.17) is 0 Å². The fourth-order valence-electron chi connectivity index (χ4n) is 1.50. The Morgan fingerprint density at radius 1 is 1.05 bits per heavy atom. The first kappa shape index (κ1) is 13.5. The molecule has 0 fully saturated rings. The van der Waals surface area contributed by atoms with Crippen molar-refractivity contribution in [2.75, 3.05) is 10.6 Å². The Bertz CT molecular complexity index is 599. The van der Waals surface area contributed by atoms with Gasteiger partial charge in [0.05, 0.1) is 4.47 Å². The monoisotopic (exact) mass is 322 g/mol. The molecule has 5 heteroatoms. The summed E-state index contributed by atoms with van der Waals surface area (Å²) in [6.07, 6.45) is 0. The van der Waals surface area contributed by atoms with Crippen molar-refractivity contribution in [3.05, 3.63) is 58.3 Å². The molecular weight excluding hydrogens is 311 g/mol. The van der Waals surface area contributed by atoms with Crippen LogP contribution in [0.1, 0.15) is 5.56 Å². The lowest BCUT2D eigenvalue weighted by Crippen LogP contribution is -2.19. The molecule has 0 unspecified atom stereocenters. The maximum Gasteiger partial charge on any atom is 0.323 e. The minimum atomic E-state index is -0.423. The van der Waals surface area contributed by atoms with E-state index in [1.165, 1.54) is 12.1 Å². The Hall–Kier alpha value is -1.88. The predicted molar refractivity (Wildman–Crippen MR) is 77.9 cm³/mol. The molecule has 2 amide bonds. The Balaban J connectivity index is 2.01. The number of aryl methyl sites for hydroxylation is 1. The van der Waals surface area contributed by atoms with Crippen LogP contribution in [0, 0.1) is 12.7 Å². The minimum absolute atomic E-state index is 0.358. The van der Waals surface area contributed by atoms with Crippen LogP contribution in [0.25, 0.3) is 0 Å². The molecule has 0 atom stereocenters. The molecule has 0 bridgehead atoms. The molecule has 0 saturated carbocycles. The highest BCUT2D eigenvalue weighted by atomic mass is 79.9. The van der Waals surface area contributed by atoms with Gasteiger partial charge in [-0.3, -0.25) is 0 Å². The van der Waals surface area contributed by atoms with Gasteiger partial charge in [-0.2, -0.15) is 0 Å². The summed E-state index contributed by atoms with van der Waals surface area (Å²) in [5.41, 5.74) is 2.19. The summed E-state index contributed by atoms with van der Waals surface area (Å²) in [7, 11) is 0. The third-order valence-corrected chi connectivity index (χ3v) is 3.13. The van der Waals surface area contributed by atoms with Gasteiger partial charge in [0, 0.05) is 11.4 Å². The van der Waals surface area contributed by atoms with E-state index in [2.05, 4.69) is 26.6 Å². The maximum atomic E-state index is 13.3. The van der Waals surface area contributed by atoms with Crippen molar-refractivity contribution in [1.29, 1.82) is 0 Å². The summed E-state index contributed by atoms with van der Waals surface area (Å²) < 4.78 is 13.6. The number of hydrogen-bond donors (Lipinski definition) is 2. The number of carbonyl (C=O) groups excluding carboxylic acids is 1. The summed E-state index contributed by atoms with van der Waals surface area (Å²) in [5.74, 6) is -0.423. The van der Waals surface area contributed by atoms with E-state index in [9.17, 15) is 9.18 Å². The van der Waals surface area contributed by atoms with Crippen LogP contribution in [0.3, 0.4) is 0 Å². The van der Waals surface area contributed by atoms with Crippen molar-refractivity contribution in [2.24, 2.45) is 0 Å².